The molecule has 2 aromatic heterocycles. The number of thiophene rings is 1. The number of aryl methyl sites for hydroxylation is 2. The van der Waals surface area contributed by atoms with E-state index in [0.29, 0.717) is 18.5 Å². The normalized spacial score (nSPS) is 12.4. The van der Waals surface area contributed by atoms with E-state index in [1.165, 1.54) is 10.9 Å². The van der Waals surface area contributed by atoms with Gasteiger partial charge in [-0.15, -0.1) is 11.3 Å². The maximum atomic E-state index is 13.4. The number of hydrogen-bond donors (Lipinski definition) is 2. The lowest BCUT2D eigenvalue weighted by Crippen LogP contribution is -2.30. The first kappa shape index (κ1) is 17.6. The summed E-state index contributed by atoms with van der Waals surface area (Å²) < 4.78 is 28.3. The third-order valence-corrected chi connectivity index (χ3v) is 5.09. The van der Waals surface area contributed by atoms with Crippen LogP contribution in [-0.4, -0.2) is 22.4 Å². The summed E-state index contributed by atoms with van der Waals surface area (Å²) in [6.45, 7) is 2.45. The van der Waals surface area contributed by atoms with Crippen molar-refractivity contribution >= 4 is 16.3 Å². The Morgan fingerprint density at radius 1 is 1.24 bits per heavy atom. The number of nitrogens with two attached hydrogens (primary N) is 1. The van der Waals surface area contributed by atoms with Gasteiger partial charge in [0.05, 0.1) is 10.7 Å². The standard InChI is InChI=1S/C18H20F2N4S/c1-11-14(17-5-6-22-24(17)2)9-18(25-11)23-13(10-21)7-12-3-4-15(19)16(20)8-12/h3-6,8-9,13,23H,7,10,21H2,1-2H3/t13-/m0/s1. The largest absolute Gasteiger partial charge is 0.373 e. The van der Waals surface area contributed by atoms with Gasteiger partial charge in [-0.2, -0.15) is 5.10 Å². The number of nitrogens with zero attached hydrogens (tertiary/aromatic N) is 2. The molecule has 132 valence electrons. The molecular formula is C18H20F2N4S. The fraction of sp³-hybridized carbons (Fsp3) is 0.278. The van der Waals surface area contributed by atoms with E-state index >= 15 is 0 Å². The summed E-state index contributed by atoms with van der Waals surface area (Å²) in [4.78, 5) is 1.18. The van der Waals surface area contributed by atoms with Crippen molar-refractivity contribution in [1.29, 1.82) is 0 Å². The van der Waals surface area contributed by atoms with E-state index in [1.54, 1.807) is 23.6 Å². The number of anilines is 1. The molecule has 0 aliphatic heterocycles. The van der Waals surface area contributed by atoms with Gasteiger partial charge in [-0.1, -0.05) is 6.07 Å². The van der Waals surface area contributed by atoms with Crippen molar-refractivity contribution in [2.24, 2.45) is 12.8 Å². The molecule has 0 aliphatic carbocycles. The number of halogens is 2. The number of hydrogen-bond acceptors (Lipinski definition) is 4. The van der Waals surface area contributed by atoms with E-state index in [1.807, 2.05) is 17.8 Å². The third-order valence-electron chi connectivity index (χ3n) is 4.11. The summed E-state index contributed by atoms with van der Waals surface area (Å²) >= 11 is 1.64. The predicted octanol–water partition coefficient (Wildman–Crippen LogP) is 3.72. The second-order valence-corrected chi connectivity index (χ2v) is 7.21. The smallest absolute Gasteiger partial charge is 0.159 e. The molecule has 0 amide bonds. The fourth-order valence-electron chi connectivity index (χ4n) is 2.79. The third kappa shape index (κ3) is 3.88. The molecule has 0 fully saturated rings. The van der Waals surface area contributed by atoms with Crippen LogP contribution in [0.5, 0.6) is 0 Å². The molecule has 2 heterocycles. The summed E-state index contributed by atoms with van der Waals surface area (Å²) in [6.07, 6.45) is 2.29. The van der Waals surface area contributed by atoms with Crippen LogP contribution in [0.1, 0.15) is 10.4 Å². The molecule has 0 saturated carbocycles. The van der Waals surface area contributed by atoms with Crippen LogP contribution in [0.2, 0.25) is 0 Å². The molecule has 0 spiro atoms. The van der Waals surface area contributed by atoms with Crippen molar-refractivity contribution in [2.45, 2.75) is 19.4 Å². The van der Waals surface area contributed by atoms with Crippen molar-refractivity contribution in [3.05, 3.63) is 58.6 Å². The lowest BCUT2D eigenvalue weighted by Gasteiger charge is -2.17. The molecule has 1 aromatic carbocycles. The van der Waals surface area contributed by atoms with Crippen LogP contribution in [0.3, 0.4) is 0 Å². The van der Waals surface area contributed by atoms with E-state index in [4.69, 9.17) is 5.73 Å². The van der Waals surface area contributed by atoms with Crippen LogP contribution < -0.4 is 11.1 Å². The van der Waals surface area contributed by atoms with Crippen LogP contribution in [-0.2, 0) is 13.5 Å². The van der Waals surface area contributed by atoms with Crippen LogP contribution in [0, 0.1) is 18.6 Å². The highest BCUT2D eigenvalue weighted by Crippen LogP contribution is 2.34. The van der Waals surface area contributed by atoms with Crippen LogP contribution >= 0.6 is 11.3 Å². The second kappa shape index (κ2) is 7.33. The fourth-order valence-corrected chi connectivity index (χ4v) is 3.80. The van der Waals surface area contributed by atoms with E-state index in [-0.39, 0.29) is 6.04 Å². The minimum absolute atomic E-state index is 0.0673. The van der Waals surface area contributed by atoms with Gasteiger partial charge in [0.1, 0.15) is 0 Å². The van der Waals surface area contributed by atoms with Crippen LogP contribution in [0.4, 0.5) is 13.8 Å². The molecule has 3 aromatic rings. The van der Waals surface area contributed by atoms with Gasteiger partial charge in [0.2, 0.25) is 0 Å². The first-order valence-corrected chi connectivity index (χ1v) is 8.79. The molecule has 0 unspecified atom stereocenters. The zero-order valence-corrected chi connectivity index (χ0v) is 14.9. The topological polar surface area (TPSA) is 55.9 Å². The minimum atomic E-state index is -0.837. The highest BCUT2D eigenvalue weighted by atomic mass is 32.1. The van der Waals surface area contributed by atoms with Gasteiger partial charge in [-0.05, 0) is 43.2 Å². The number of nitrogens with one attached hydrogen (secondary N) is 1. The molecule has 0 radical (unpaired) electrons. The van der Waals surface area contributed by atoms with Gasteiger partial charge in [-0.3, -0.25) is 4.68 Å². The van der Waals surface area contributed by atoms with E-state index in [2.05, 4.69) is 23.4 Å². The lowest BCUT2D eigenvalue weighted by atomic mass is 10.1. The molecule has 7 heteroatoms. The summed E-state index contributed by atoms with van der Waals surface area (Å²) in [7, 11) is 1.91. The average molecular weight is 362 g/mol. The van der Waals surface area contributed by atoms with Gasteiger partial charge < -0.3 is 11.1 Å². The van der Waals surface area contributed by atoms with Crippen LogP contribution in [0.25, 0.3) is 11.3 Å². The summed E-state index contributed by atoms with van der Waals surface area (Å²) in [5.41, 5.74) is 8.74. The zero-order valence-electron chi connectivity index (χ0n) is 14.1. The Morgan fingerprint density at radius 3 is 2.68 bits per heavy atom. The first-order valence-electron chi connectivity index (χ1n) is 7.97. The Morgan fingerprint density at radius 2 is 2.04 bits per heavy atom. The molecule has 4 nitrogen and oxygen atoms in total. The second-order valence-electron chi connectivity index (χ2n) is 5.95. The van der Waals surface area contributed by atoms with E-state index in [9.17, 15) is 8.78 Å². The van der Waals surface area contributed by atoms with Gasteiger partial charge >= 0.3 is 0 Å². The number of aromatic nitrogens is 2. The maximum Gasteiger partial charge on any atom is 0.159 e. The molecular weight excluding hydrogens is 342 g/mol. The highest BCUT2D eigenvalue weighted by molar-refractivity contribution is 7.16. The van der Waals surface area contributed by atoms with Crippen molar-refractivity contribution in [3.63, 3.8) is 0 Å². The Bertz CT molecular complexity index is 872. The summed E-state index contributed by atoms with van der Waals surface area (Å²) in [6, 6.07) is 7.94. The van der Waals surface area contributed by atoms with Gasteiger partial charge in [0, 0.05) is 36.3 Å². The van der Waals surface area contributed by atoms with E-state index in [0.717, 1.165) is 22.3 Å². The quantitative estimate of drug-likeness (QED) is 0.703. The predicted molar refractivity (Wildman–Crippen MR) is 97.8 cm³/mol. The highest BCUT2D eigenvalue weighted by Gasteiger charge is 2.14. The Kier molecular flexibility index (Phi) is 5.15. The molecule has 1 atom stereocenters. The Hall–Kier alpha value is -2.25. The monoisotopic (exact) mass is 362 g/mol. The molecule has 25 heavy (non-hydrogen) atoms. The maximum absolute atomic E-state index is 13.4. The zero-order chi connectivity index (χ0) is 18.0. The van der Waals surface area contributed by atoms with Gasteiger partial charge in [-0.25, -0.2) is 8.78 Å². The molecule has 0 bridgehead atoms. The van der Waals surface area contributed by atoms with Gasteiger partial charge in [0.25, 0.3) is 0 Å². The lowest BCUT2D eigenvalue weighted by molar-refractivity contribution is 0.506. The summed E-state index contributed by atoms with van der Waals surface area (Å²) in [5, 5.41) is 8.60. The number of benzene rings is 1. The Balaban J connectivity index is 1.76. The van der Waals surface area contributed by atoms with E-state index < -0.39 is 11.6 Å². The van der Waals surface area contributed by atoms with Crippen LogP contribution in [0.15, 0.2) is 36.5 Å². The van der Waals surface area contributed by atoms with Crippen molar-refractivity contribution in [2.75, 3.05) is 11.9 Å². The average Bonchev–Trinajstić information content (AvgIpc) is 3.15. The van der Waals surface area contributed by atoms with Crippen molar-refractivity contribution in [1.82, 2.24) is 9.78 Å². The van der Waals surface area contributed by atoms with Crippen molar-refractivity contribution in [3.8, 4) is 11.3 Å². The molecule has 3 N–H and O–H groups in total. The number of rotatable bonds is 6. The Labute approximate surface area is 149 Å². The SMILES string of the molecule is Cc1sc(N[C@H](CN)Cc2ccc(F)c(F)c2)cc1-c1ccnn1C. The van der Waals surface area contributed by atoms with Gasteiger partial charge in [0.15, 0.2) is 11.6 Å². The summed E-state index contributed by atoms with van der Waals surface area (Å²) in [5.74, 6) is -1.67. The van der Waals surface area contributed by atoms with Crippen molar-refractivity contribution < 1.29 is 8.78 Å². The molecule has 3 rings (SSSR count). The molecule has 0 aliphatic rings. The first-order chi connectivity index (χ1) is 12.0. The molecule has 0 saturated heterocycles. The minimum Gasteiger partial charge on any atom is -0.373 e.